The molecule has 13 heteroatoms. The lowest BCUT2D eigenvalue weighted by molar-refractivity contribution is -0.192. The first-order valence-electron chi connectivity index (χ1n) is 17.1. The molecule has 5 aromatic rings. The minimum Gasteiger partial charge on any atom is -0.491 e. The Balaban J connectivity index is 0.954. The van der Waals surface area contributed by atoms with Crippen molar-refractivity contribution < 1.29 is 14.2 Å². The molecule has 3 aromatic carbocycles. The number of nitrogens with zero attached hydrogens (tertiary/aromatic N) is 9. The van der Waals surface area contributed by atoms with Gasteiger partial charge in [-0.05, 0) is 55.3 Å². The fourth-order valence-electron chi connectivity index (χ4n) is 6.74. The van der Waals surface area contributed by atoms with E-state index in [1.165, 1.54) is 0 Å². The van der Waals surface area contributed by atoms with Crippen molar-refractivity contribution in [2.24, 2.45) is 0 Å². The molecule has 0 amide bonds. The zero-order chi connectivity index (χ0) is 34.5. The van der Waals surface area contributed by atoms with Gasteiger partial charge in [0.1, 0.15) is 37.4 Å². The zero-order valence-corrected chi connectivity index (χ0v) is 28.3. The molecule has 2 saturated heterocycles. The lowest BCUT2D eigenvalue weighted by Crippen LogP contribution is -2.46. The summed E-state index contributed by atoms with van der Waals surface area (Å²) in [6, 6.07) is 25.9. The third-order valence-electron chi connectivity index (χ3n) is 9.51. The quantitative estimate of drug-likeness (QED) is 0.186. The van der Waals surface area contributed by atoms with Gasteiger partial charge < -0.3 is 24.0 Å². The maximum Gasteiger partial charge on any atom is 0.350 e. The van der Waals surface area contributed by atoms with E-state index < -0.39 is 5.79 Å². The van der Waals surface area contributed by atoms with Gasteiger partial charge in [-0.2, -0.15) is 25.4 Å². The van der Waals surface area contributed by atoms with Gasteiger partial charge in [0, 0.05) is 37.4 Å². The highest BCUT2D eigenvalue weighted by atomic mass is 16.8. The fraction of sp³-hybridized carbons (Fsp3) is 0.378. The Hall–Kier alpha value is -5.45. The van der Waals surface area contributed by atoms with E-state index in [1.807, 2.05) is 54.6 Å². The highest BCUT2D eigenvalue weighted by molar-refractivity contribution is 5.63. The number of hydrogen-bond donors (Lipinski definition) is 0. The summed E-state index contributed by atoms with van der Waals surface area (Å²) in [6.07, 6.45) is 6.25. The van der Waals surface area contributed by atoms with Crippen LogP contribution in [0.3, 0.4) is 0 Å². The molecule has 258 valence electrons. The smallest absolute Gasteiger partial charge is 0.350 e. The SMILES string of the molecule is CCC(CC)n1ncn(-c2ccc(N3CCN(c4ccc(OC[C@@H]5CO[C@@](Cn6nccn6)(c6ccccc6)O5)cc4C#N)CC3)cc2)c1=O. The van der Waals surface area contributed by atoms with E-state index in [9.17, 15) is 10.1 Å². The Morgan fingerprint density at radius 1 is 0.920 bits per heavy atom. The lowest BCUT2D eigenvalue weighted by atomic mass is 10.1. The number of nitriles is 1. The summed E-state index contributed by atoms with van der Waals surface area (Å²) in [5.74, 6) is -0.431. The van der Waals surface area contributed by atoms with Gasteiger partial charge >= 0.3 is 5.69 Å². The molecule has 2 fully saturated rings. The second kappa shape index (κ2) is 14.6. The van der Waals surface area contributed by atoms with Gasteiger partial charge in [0.25, 0.3) is 0 Å². The molecule has 0 aliphatic carbocycles. The second-order valence-corrected chi connectivity index (χ2v) is 12.5. The van der Waals surface area contributed by atoms with Crippen molar-refractivity contribution in [2.45, 2.75) is 51.2 Å². The maximum atomic E-state index is 13.0. The summed E-state index contributed by atoms with van der Waals surface area (Å²) in [5, 5.41) is 22.9. The topological polar surface area (TPSA) is 128 Å². The van der Waals surface area contributed by atoms with Crippen LogP contribution in [0.25, 0.3) is 5.69 Å². The number of rotatable bonds is 12. The second-order valence-electron chi connectivity index (χ2n) is 12.5. The highest BCUT2D eigenvalue weighted by Crippen LogP contribution is 2.36. The Labute approximate surface area is 290 Å². The molecule has 0 saturated carbocycles. The summed E-state index contributed by atoms with van der Waals surface area (Å²) in [4.78, 5) is 19.1. The van der Waals surface area contributed by atoms with Gasteiger partial charge in [-0.1, -0.05) is 44.2 Å². The van der Waals surface area contributed by atoms with Crippen molar-refractivity contribution >= 4 is 11.4 Å². The Morgan fingerprint density at radius 3 is 2.32 bits per heavy atom. The van der Waals surface area contributed by atoms with Crippen molar-refractivity contribution in [1.29, 1.82) is 5.26 Å². The molecule has 0 N–H and O–H groups in total. The van der Waals surface area contributed by atoms with E-state index >= 15 is 0 Å². The summed E-state index contributed by atoms with van der Waals surface area (Å²) < 4.78 is 22.0. The minimum absolute atomic E-state index is 0.101. The molecule has 2 atom stereocenters. The molecule has 0 spiro atoms. The van der Waals surface area contributed by atoms with E-state index in [4.69, 9.17) is 14.2 Å². The van der Waals surface area contributed by atoms with Crippen molar-refractivity contribution in [3.63, 3.8) is 0 Å². The molecule has 2 aliphatic rings. The molecule has 0 radical (unpaired) electrons. The van der Waals surface area contributed by atoms with Crippen LogP contribution >= 0.6 is 0 Å². The summed E-state index contributed by atoms with van der Waals surface area (Å²) in [6.45, 7) is 8.17. The molecule has 0 unspecified atom stereocenters. The third-order valence-corrected chi connectivity index (χ3v) is 9.51. The van der Waals surface area contributed by atoms with E-state index in [2.05, 4.69) is 57.1 Å². The standard InChI is InChI=1S/C37H41N9O4/c1-3-30(4-2)46-36(47)44(27-41-46)32-12-10-31(11-13-32)42-18-20-43(21-19-42)35-15-14-33(22-28(35)23-38)48-24-34-25-49-37(50-34,26-45-39-16-17-40-45)29-8-6-5-7-9-29/h5-17,22,27,30,34H,3-4,18-21,24-26H2,1-2H3/t34-,37-/m1/s1. The van der Waals surface area contributed by atoms with Crippen LogP contribution < -0.4 is 20.2 Å². The number of piperazine rings is 1. The minimum atomic E-state index is -1.03. The van der Waals surface area contributed by atoms with Gasteiger partial charge in [0.05, 0.1) is 42.0 Å². The van der Waals surface area contributed by atoms with Crippen molar-refractivity contribution in [3.8, 4) is 17.5 Å². The van der Waals surface area contributed by atoms with Crippen molar-refractivity contribution in [2.75, 3.05) is 49.2 Å². The molecule has 0 bridgehead atoms. The van der Waals surface area contributed by atoms with Crippen LogP contribution in [0.4, 0.5) is 11.4 Å². The number of anilines is 2. The van der Waals surface area contributed by atoms with E-state index in [-0.39, 0.29) is 24.4 Å². The van der Waals surface area contributed by atoms with E-state index in [1.54, 1.807) is 38.8 Å². The maximum absolute atomic E-state index is 13.0. The van der Waals surface area contributed by atoms with Crippen LogP contribution in [-0.2, 0) is 21.8 Å². The van der Waals surface area contributed by atoms with Crippen molar-refractivity contribution in [3.05, 3.63) is 113 Å². The van der Waals surface area contributed by atoms with Gasteiger partial charge in [-0.3, -0.25) is 0 Å². The first-order chi connectivity index (χ1) is 24.5. The molecule has 2 aromatic heterocycles. The summed E-state index contributed by atoms with van der Waals surface area (Å²) in [5.41, 5.74) is 4.10. The van der Waals surface area contributed by atoms with Crippen LogP contribution in [0.1, 0.15) is 43.9 Å². The molecular formula is C37H41N9O4. The number of hydrogen-bond acceptors (Lipinski definition) is 10. The Morgan fingerprint density at radius 2 is 1.62 bits per heavy atom. The number of aromatic nitrogens is 6. The third kappa shape index (κ3) is 6.72. The highest BCUT2D eigenvalue weighted by Gasteiger charge is 2.44. The lowest BCUT2D eigenvalue weighted by Gasteiger charge is -2.37. The zero-order valence-electron chi connectivity index (χ0n) is 28.3. The van der Waals surface area contributed by atoms with Crippen LogP contribution in [0.15, 0.2) is 96.3 Å². The first kappa shape index (κ1) is 33.1. The van der Waals surface area contributed by atoms with Gasteiger partial charge in [-0.15, -0.1) is 0 Å². The summed E-state index contributed by atoms with van der Waals surface area (Å²) in [7, 11) is 0. The summed E-state index contributed by atoms with van der Waals surface area (Å²) >= 11 is 0. The molecular weight excluding hydrogens is 634 g/mol. The van der Waals surface area contributed by atoms with Gasteiger partial charge in [0.2, 0.25) is 5.79 Å². The van der Waals surface area contributed by atoms with Gasteiger partial charge in [0.15, 0.2) is 0 Å². The number of benzene rings is 3. The first-order valence-corrected chi connectivity index (χ1v) is 17.1. The Bertz CT molecular complexity index is 1960. The Kier molecular flexibility index (Phi) is 9.64. The van der Waals surface area contributed by atoms with Crippen LogP contribution in [0, 0.1) is 11.3 Å². The van der Waals surface area contributed by atoms with E-state index in [0.29, 0.717) is 24.5 Å². The normalized spacial score (nSPS) is 19.2. The van der Waals surface area contributed by atoms with Crippen LogP contribution in [-0.4, -0.2) is 74.8 Å². The molecule has 4 heterocycles. The van der Waals surface area contributed by atoms with Crippen molar-refractivity contribution in [1.82, 2.24) is 29.3 Å². The van der Waals surface area contributed by atoms with Crippen LogP contribution in [0.2, 0.25) is 0 Å². The monoisotopic (exact) mass is 675 g/mol. The molecule has 7 rings (SSSR count). The van der Waals surface area contributed by atoms with Crippen LogP contribution in [0.5, 0.6) is 5.75 Å². The fourth-order valence-corrected chi connectivity index (χ4v) is 6.74. The average Bonchev–Trinajstić information content (AvgIpc) is 3.93. The molecule has 13 nitrogen and oxygen atoms in total. The predicted molar refractivity (Wildman–Crippen MR) is 187 cm³/mol. The predicted octanol–water partition coefficient (Wildman–Crippen LogP) is 4.53. The molecule has 2 aliphatic heterocycles. The largest absolute Gasteiger partial charge is 0.491 e. The number of ether oxygens (including phenoxy) is 3. The average molecular weight is 676 g/mol. The molecule has 50 heavy (non-hydrogen) atoms. The van der Waals surface area contributed by atoms with Gasteiger partial charge in [-0.25, -0.2) is 14.0 Å². The van der Waals surface area contributed by atoms with E-state index in [0.717, 1.165) is 61.6 Å².